The molecular weight excluding hydrogens is 255 g/mol. The van der Waals surface area contributed by atoms with Gasteiger partial charge >= 0.3 is 6.03 Å². The van der Waals surface area contributed by atoms with Crippen LogP contribution < -0.4 is 0 Å². The second-order valence-electron chi connectivity index (χ2n) is 3.21. The van der Waals surface area contributed by atoms with Crippen LogP contribution in [0.25, 0.3) is 0 Å². The van der Waals surface area contributed by atoms with Crippen LogP contribution in [0.3, 0.4) is 0 Å². The number of hydrogen-bond acceptors (Lipinski definition) is 1. The maximum atomic E-state index is 11.3. The second kappa shape index (κ2) is 3.60. The van der Waals surface area contributed by atoms with E-state index in [9.17, 15) is 4.79 Å². The van der Waals surface area contributed by atoms with Gasteiger partial charge in [0.15, 0.2) is 0 Å². The molecule has 0 aromatic heterocycles. The van der Waals surface area contributed by atoms with Crippen molar-refractivity contribution in [3.8, 4) is 0 Å². The summed E-state index contributed by atoms with van der Waals surface area (Å²) in [7, 11) is 0. The molecule has 0 spiro atoms. The van der Waals surface area contributed by atoms with Crippen molar-refractivity contribution in [3.63, 3.8) is 0 Å². The SMILES string of the molecule is CC(C)CN1CCN(I)C1=O. The Labute approximate surface area is 81.2 Å². The Hall–Kier alpha value is -0.0000000000000000555. The van der Waals surface area contributed by atoms with E-state index in [-0.39, 0.29) is 6.03 Å². The first-order valence-electron chi connectivity index (χ1n) is 3.83. The summed E-state index contributed by atoms with van der Waals surface area (Å²) in [5.74, 6) is 0.571. The fraction of sp³-hybridized carbons (Fsp3) is 0.857. The number of rotatable bonds is 2. The third kappa shape index (κ3) is 2.21. The van der Waals surface area contributed by atoms with Gasteiger partial charge in [-0.2, -0.15) is 0 Å². The molecule has 3 nitrogen and oxygen atoms in total. The molecule has 1 rings (SSSR count). The van der Waals surface area contributed by atoms with Gasteiger partial charge in [0.2, 0.25) is 0 Å². The zero-order valence-corrected chi connectivity index (χ0v) is 9.04. The van der Waals surface area contributed by atoms with Crippen molar-refractivity contribution in [1.82, 2.24) is 8.01 Å². The van der Waals surface area contributed by atoms with Crippen LogP contribution in [0.2, 0.25) is 0 Å². The highest BCUT2D eigenvalue weighted by Crippen LogP contribution is 2.14. The van der Waals surface area contributed by atoms with E-state index in [1.54, 1.807) is 3.11 Å². The van der Waals surface area contributed by atoms with Gasteiger partial charge in [-0.15, -0.1) is 0 Å². The highest BCUT2D eigenvalue weighted by molar-refractivity contribution is 14.1. The molecule has 4 heteroatoms. The fourth-order valence-electron chi connectivity index (χ4n) is 1.16. The lowest BCUT2D eigenvalue weighted by atomic mass is 10.2. The van der Waals surface area contributed by atoms with E-state index < -0.39 is 0 Å². The average Bonchev–Trinajstić information content (AvgIpc) is 2.18. The summed E-state index contributed by atoms with van der Waals surface area (Å²) < 4.78 is 1.74. The summed E-state index contributed by atoms with van der Waals surface area (Å²) in [6, 6.07) is 0.166. The highest BCUT2D eigenvalue weighted by atomic mass is 127. The highest BCUT2D eigenvalue weighted by Gasteiger charge is 2.26. The molecule has 2 amide bonds. The first-order valence-corrected chi connectivity index (χ1v) is 4.80. The number of carbonyl (C=O) groups is 1. The molecule has 0 bridgehead atoms. The molecule has 0 radical (unpaired) electrons. The van der Waals surface area contributed by atoms with Crippen LogP contribution in [-0.2, 0) is 0 Å². The van der Waals surface area contributed by atoms with E-state index in [0.717, 1.165) is 19.6 Å². The van der Waals surface area contributed by atoms with Gasteiger partial charge in [0.1, 0.15) is 0 Å². The monoisotopic (exact) mass is 268 g/mol. The van der Waals surface area contributed by atoms with Crippen molar-refractivity contribution in [2.45, 2.75) is 13.8 Å². The van der Waals surface area contributed by atoms with Gasteiger partial charge in [0.05, 0.1) is 29.4 Å². The molecule has 1 heterocycles. The Morgan fingerprint density at radius 3 is 2.55 bits per heavy atom. The van der Waals surface area contributed by atoms with Gasteiger partial charge in [-0.05, 0) is 5.92 Å². The van der Waals surface area contributed by atoms with E-state index in [2.05, 4.69) is 36.7 Å². The molecule has 0 aromatic carbocycles. The van der Waals surface area contributed by atoms with Crippen LogP contribution in [0, 0.1) is 5.92 Å². The quantitative estimate of drug-likeness (QED) is 0.552. The number of urea groups is 1. The summed E-state index contributed by atoms with van der Waals surface area (Å²) >= 11 is 2.06. The van der Waals surface area contributed by atoms with E-state index >= 15 is 0 Å². The molecule has 1 saturated heterocycles. The molecule has 0 atom stereocenters. The van der Waals surface area contributed by atoms with Crippen molar-refractivity contribution < 1.29 is 4.79 Å². The molecule has 1 aliphatic rings. The van der Waals surface area contributed by atoms with Crippen molar-refractivity contribution in [1.29, 1.82) is 0 Å². The average molecular weight is 268 g/mol. The second-order valence-corrected chi connectivity index (χ2v) is 4.37. The molecule has 64 valence electrons. The Kier molecular flexibility index (Phi) is 2.98. The number of amides is 2. The first-order chi connectivity index (χ1) is 5.11. The summed E-state index contributed by atoms with van der Waals surface area (Å²) in [6.07, 6.45) is 0. The summed E-state index contributed by atoms with van der Waals surface area (Å²) in [4.78, 5) is 13.2. The maximum Gasteiger partial charge on any atom is 0.328 e. The molecule has 0 aliphatic carbocycles. The number of carbonyl (C=O) groups excluding carboxylic acids is 1. The summed E-state index contributed by atoms with van der Waals surface area (Å²) in [5.41, 5.74) is 0. The van der Waals surface area contributed by atoms with Crippen LogP contribution in [0.4, 0.5) is 4.79 Å². The molecule has 1 aliphatic heterocycles. The van der Waals surface area contributed by atoms with Crippen LogP contribution in [-0.4, -0.2) is 33.7 Å². The van der Waals surface area contributed by atoms with Crippen molar-refractivity contribution in [2.75, 3.05) is 19.6 Å². The van der Waals surface area contributed by atoms with Gasteiger partial charge in [-0.1, -0.05) is 13.8 Å². The first kappa shape index (κ1) is 9.09. The van der Waals surface area contributed by atoms with Crippen LogP contribution >= 0.6 is 22.9 Å². The maximum absolute atomic E-state index is 11.3. The predicted molar refractivity (Wildman–Crippen MR) is 52.5 cm³/mol. The lowest BCUT2D eigenvalue weighted by molar-refractivity contribution is 0.205. The van der Waals surface area contributed by atoms with Crippen LogP contribution in [0.5, 0.6) is 0 Å². The zero-order chi connectivity index (χ0) is 8.43. The van der Waals surface area contributed by atoms with Crippen molar-refractivity contribution >= 4 is 28.9 Å². The number of nitrogens with zero attached hydrogens (tertiary/aromatic N) is 2. The van der Waals surface area contributed by atoms with Gasteiger partial charge in [0, 0.05) is 13.1 Å². The number of hydrogen-bond donors (Lipinski definition) is 0. The summed E-state index contributed by atoms with van der Waals surface area (Å²) in [5, 5.41) is 0. The molecular formula is C7H13IN2O. The summed E-state index contributed by atoms with van der Waals surface area (Å²) in [6.45, 7) is 6.90. The van der Waals surface area contributed by atoms with Crippen LogP contribution in [0.15, 0.2) is 0 Å². The van der Waals surface area contributed by atoms with Gasteiger partial charge in [-0.3, -0.25) is 3.11 Å². The minimum atomic E-state index is 0.166. The standard InChI is InChI=1S/C7H13IN2O/c1-6(2)5-9-3-4-10(8)7(9)11/h6H,3-5H2,1-2H3. The van der Waals surface area contributed by atoms with Crippen molar-refractivity contribution in [2.24, 2.45) is 5.92 Å². The minimum absolute atomic E-state index is 0.166. The normalized spacial score (nSPS) is 18.7. The van der Waals surface area contributed by atoms with Gasteiger partial charge in [0.25, 0.3) is 0 Å². The van der Waals surface area contributed by atoms with Gasteiger partial charge < -0.3 is 4.90 Å². The Bertz CT molecular complexity index is 161. The smallest absolute Gasteiger partial charge is 0.322 e. The van der Waals surface area contributed by atoms with Crippen LogP contribution in [0.1, 0.15) is 13.8 Å². The third-order valence-electron chi connectivity index (χ3n) is 1.63. The fourth-order valence-corrected chi connectivity index (χ4v) is 1.68. The lowest BCUT2D eigenvalue weighted by Gasteiger charge is -2.16. The largest absolute Gasteiger partial charge is 0.328 e. The van der Waals surface area contributed by atoms with E-state index in [1.165, 1.54) is 0 Å². The van der Waals surface area contributed by atoms with E-state index in [4.69, 9.17) is 0 Å². The van der Waals surface area contributed by atoms with E-state index in [0.29, 0.717) is 5.92 Å². The molecule has 0 aromatic rings. The third-order valence-corrected chi connectivity index (χ3v) is 2.52. The molecule has 0 N–H and O–H groups in total. The number of halogens is 1. The molecule has 0 unspecified atom stereocenters. The predicted octanol–water partition coefficient (Wildman–Crippen LogP) is 1.73. The lowest BCUT2D eigenvalue weighted by Crippen LogP contribution is -2.30. The molecule has 1 fully saturated rings. The van der Waals surface area contributed by atoms with Gasteiger partial charge in [-0.25, -0.2) is 4.79 Å². The minimum Gasteiger partial charge on any atom is -0.322 e. The Balaban J connectivity index is 2.42. The molecule has 11 heavy (non-hydrogen) atoms. The molecule has 0 saturated carbocycles. The Morgan fingerprint density at radius 2 is 2.18 bits per heavy atom. The topological polar surface area (TPSA) is 23.6 Å². The zero-order valence-electron chi connectivity index (χ0n) is 6.88. The van der Waals surface area contributed by atoms with Crippen molar-refractivity contribution in [3.05, 3.63) is 0 Å². The van der Waals surface area contributed by atoms with E-state index in [1.807, 2.05) is 4.90 Å². The Morgan fingerprint density at radius 1 is 1.55 bits per heavy atom.